The van der Waals surface area contributed by atoms with Gasteiger partial charge in [0, 0.05) is 69.9 Å². The minimum Gasteiger partial charge on any atom is -0.456 e. The van der Waals surface area contributed by atoms with Gasteiger partial charge in [-0.25, -0.2) is 0 Å². The molecule has 1 atom stereocenters. The number of para-hydroxylation sites is 2. The van der Waals surface area contributed by atoms with E-state index in [1.165, 1.54) is 75.0 Å². The number of hydrogen-bond donors (Lipinski definition) is 0. The molecule has 1 aliphatic rings. The summed E-state index contributed by atoms with van der Waals surface area (Å²) >= 11 is 1.85. The van der Waals surface area contributed by atoms with E-state index in [1.807, 2.05) is 11.3 Å². The minimum atomic E-state index is 0.494. The number of benzene rings is 8. The number of anilines is 3. The van der Waals surface area contributed by atoms with Crippen molar-refractivity contribution in [2.24, 2.45) is 5.92 Å². The molecule has 4 heterocycles. The molecule has 0 bridgehead atoms. The van der Waals surface area contributed by atoms with E-state index in [0.717, 1.165) is 51.0 Å². The lowest BCUT2D eigenvalue weighted by Gasteiger charge is -2.27. The van der Waals surface area contributed by atoms with Crippen molar-refractivity contribution in [3.63, 3.8) is 0 Å². The lowest BCUT2D eigenvalue weighted by atomic mass is 9.88. The first-order chi connectivity index (χ1) is 29.2. The standard InChI is InChI=1S/C55H36N2OS/c1-33-11-2-3-12-38(33)34-23-26-36(27-24-34)56(48-20-10-22-52-54(48)44-14-5-7-21-51(44)59-52)37-28-30-42-41-29-25-35(31-49(41)58-50(42)32-37)39-15-9-19-47-53(39)45-17-8-16-43-40-13-4-6-18-46(40)57(47)55(43)45/h2-10,12-33H,11H2,1H3. The van der Waals surface area contributed by atoms with Crippen LogP contribution in [0.1, 0.15) is 18.9 Å². The normalized spacial score (nSPS) is 14.7. The number of rotatable bonds is 5. The van der Waals surface area contributed by atoms with Crippen molar-refractivity contribution in [1.82, 2.24) is 4.40 Å². The summed E-state index contributed by atoms with van der Waals surface area (Å²) in [6, 6.07) is 60.3. The second-order valence-corrected chi connectivity index (χ2v) is 17.1. The zero-order valence-corrected chi connectivity index (χ0v) is 33.1. The Morgan fingerprint density at radius 3 is 2.15 bits per heavy atom. The smallest absolute Gasteiger partial charge is 0.137 e. The third-order valence-corrected chi connectivity index (χ3v) is 13.9. The maximum atomic E-state index is 6.87. The summed E-state index contributed by atoms with van der Waals surface area (Å²) in [5.74, 6) is 0.494. The molecule has 4 heteroatoms. The third kappa shape index (κ3) is 4.75. The fourth-order valence-corrected chi connectivity index (χ4v) is 11.2. The summed E-state index contributed by atoms with van der Waals surface area (Å²) in [6.07, 6.45) is 7.79. The Morgan fingerprint density at radius 1 is 0.559 bits per heavy atom. The van der Waals surface area contributed by atoms with E-state index in [2.05, 4.69) is 198 Å². The number of furan rings is 1. The number of hydrogen-bond acceptors (Lipinski definition) is 3. The molecule has 59 heavy (non-hydrogen) atoms. The Kier molecular flexibility index (Phi) is 6.93. The Morgan fingerprint density at radius 2 is 1.25 bits per heavy atom. The van der Waals surface area contributed by atoms with Crippen molar-refractivity contribution < 1.29 is 4.42 Å². The van der Waals surface area contributed by atoms with Crippen molar-refractivity contribution >= 4 is 114 Å². The first kappa shape index (κ1) is 32.9. The zero-order chi connectivity index (χ0) is 38.8. The summed E-state index contributed by atoms with van der Waals surface area (Å²) in [7, 11) is 0. The fourth-order valence-electron chi connectivity index (χ4n) is 10.1. The van der Waals surface area contributed by atoms with Gasteiger partial charge < -0.3 is 13.7 Å². The Hall–Kier alpha value is -7.14. The van der Waals surface area contributed by atoms with Crippen LogP contribution >= 0.6 is 11.3 Å². The van der Waals surface area contributed by atoms with Crippen LogP contribution in [-0.2, 0) is 0 Å². The van der Waals surface area contributed by atoms with Crippen LogP contribution < -0.4 is 4.90 Å². The van der Waals surface area contributed by atoms with Gasteiger partial charge in [0.2, 0.25) is 0 Å². The quantitative estimate of drug-likeness (QED) is 0.174. The lowest BCUT2D eigenvalue weighted by molar-refractivity contribution is 0.669. The van der Waals surface area contributed by atoms with Crippen LogP contribution in [0.25, 0.3) is 96.9 Å². The molecule has 0 aliphatic heterocycles. The first-order valence-electron chi connectivity index (χ1n) is 20.5. The molecule has 0 amide bonds. The Bertz CT molecular complexity index is 3730. The molecule has 0 fully saturated rings. The number of nitrogens with zero attached hydrogens (tertiary/aromatic N) is 2. The van der Waals surface area contributed by atoms with Crippen molar-refractivity contribution in [3.05, 3.63) is 188 Å². The number of allylic oxidation sites excluding steroid dienone is 4. The molecule has 0 spiro atoms. The molecule has 278 valence electrons. The predicted octanol–water partition coefficient (Wildman–Crippen LogP) is 16.2. The van der Waals surface area contributed by atoms with E-state index in [-0.39, 0.29) is 0 Å². The van der Waals surface area contributed by atoms with Crippen molar-refractivity contribution in [3.8, 4) is 11.1 Å². The number of aromatic nitrogens is 1. The lowest BCUT2D eigenvalue weighted by Crippen LogP contribution is -2.10. The van der Waals surface area contributed by atoms with Gasteiger partial charge in [0.05, 0.1) is 22.2 Å². The molecule has 8 aromatic carbocycles. The molecular weight excluding hydrogens is 737 g/mol. The van der Waals surface area contributed by atoms with Crippen LogP contribution in [0.4, 0.5) is 17.1 Å². The molecule has 1 aliphatic carbocycles. The van der Waals surface area contributed by atoms with Gasteiger partial charge in [0.1, 0.15) is 11.2 Å². The highest BCUT2D eigenvalue weighted by atomic mass is 32.1. The molecule has 3 nitrogen and oxygen atoms in total. The molecule has 0 N–H and O–H groups in total. The molecular formula is C55H36N2OS. The Labute approximate surface area is 344 Å². The summed E-state index contributed by atoms with van der Waals surface area (Å²) in [4.78, 5) is 2.41. The predicted molar refractivity (Wildman–Crippen MR) is 252 cm³/mol. The summed E-state index contributed by atoms with van der Waals surface area (Å²) in [5.41, 5.74) is 13.9. The van der Waals surface area contributed by atoms with Crippen LogP contribution in [0.3, 0.4) is 0 Å². The van der Waals surface area contributed by atoms with Crippen molar-refractivity contribution in [2.45, 2.75) is 13.3 Å². The highest BCUT2D eigenvalue weighted by Crippen LogP contribution is 2.47. The van der Waals surface area contributed by atoms with Gasteiger partial charge >= 0.3 is 0 Å². The first-order valence-corrected chi connectivity index (χ1v) is 21.3. The molecule has 4 aromatic heterocycles. The molecule has 0 saturated heterocycles. The minimum absolute atomic E-state index is 0.494. The van der Waals surface area contributed by atoms with Gasteiger partial charge in [-0.1, -0.05) is 116 Å². The summed E-state index contributed by atoms with van der Waals surface area (Å²) < 4.78 is 11.9. The average molecular weight is 773 g/mol. The number of fused-ring (bicyclic) bond motifs is 12. The molecule has 12 aromatic rings. The van der Waals surface area contributed by atoms with Gasteiger partial charge in [-0.15, -0.1) is 11.3 Å². The van der Waals surface area contributed by atoms with Crippen LogP contribution in [0.5, 0.6) is 0 Å². The molecule has 1 unspecified atom stereocenters. The van der Waals surface area contributed by atoms with E-state index in [0.29, 0.717) is 5.92 Å². The van der Waals surface area contributed by atoms with Crippen molar-refractivity contribution in [1.29, 1.82) is 0 Å². The van der Waals surface area contributed by atoms with Gasteiger partial charge in [-0.2, -0.15) is 0 Å². The van der Waals surface area contributed by atoms with Crippen molar-refractivity contribution in [2.75, 3.05) is 4.90 Å². The highest BCUT2D eigenvalue weighted by molar-refractivity contribution is 7.26. The maximum absolute atomic E-state index is 6.87. The largest absolute Gasteiger partial charge is 0.456 e. The SMILES string of the molecule is CC1CC=CC=C1c1ccc(N(c2ccc3c(c2)oc2cc(-c4cccc5c4c4cccc6c7ccccc7n5c64)ccc23)c2cccc3sc4ccccc4c23)cc1. The molecule has 13 rings (SSSR count). The van der Waals surface area contributed by atoms with Gasteiger partial charge in [-0.05, 0) is 101 Å². The van der Waals surface area contributed by atoms with E-state index in [9.17, 15) is 0 Å². The van der Waals surface area contributed by atoms with Gasteiger partial charge in [-0.3, -0.25) is 0 Å². The van der Waals surface area contributed by atoms with Crippen LogP contribution in [0, 0.1) is 5.92 Å². The second-order valence-electron chi connectivity index (χ2n) is 16.1. The molecule has 0 radical (unpaired) electrons. The number of thiophene rings is 1. The topological polar surface area (TPSA) is 20.8 Å². The molecule has 0 saturated carbocycles. The monoisotopic (exact) mass is 772 g/mol. The van der Waals surface area contributed by atoms with E-state index in [4.69, 9.17) is 4.42 Å². The average Bonchev–Trinajstić information content (AvgIpc) is 4.04. The van der Waals surface area contributed by atoms with E-state index >= 15 is 0 Å². The summed E-state index contributed by atoms with van der Waals surface area (Å²) in [6.45, 7) is 2.32. The van der Waals surface area contributed by atoms with Gasteiger partial charge in [0.15, 0.2) is 0 Å². The maximum Gasteiger partial charge on any atom is 0.137 e. The van der Waals surface area contributed by atoms with E-state index < -0.39 is 0 Å². The van der Waals surface area contributed by atoms with E-state index in [1.54, 1.807) is 0 Å². The zero-order valence-electron chi connectivity index (χ0n) is 32.3. The third-order valence-electron chi connectivity index (χ3n) is 12.8. The van der Waals surface area contributed by atoms with Crippen LogP contribution in [-0.4, -0.2) is 4.40 Å². The van der Waals surface area contributed by atoms with Crippen LogP contribution in [0.15, 0.2) is 186 Å². The van der Waals surface area contributed by atoms with Gasteiger partial charge in [0.25, 0.3) is 0 Å². The Balaban J connectivity index is 0.975. The summed E-state index contributed by atoms with van der Waals surface area (Å²) in [5, 5.41) is 9.93. The van der Waals surface area contributed by atoms with Crippen LogP contribution in [0.2, 0.25) is 0 Å². The highest BCUT2D eigenvalue weighted by Gasteiger charge is 2.23. The second kappa shape index (κ2) is 12.4. The fraction of sp³-hybridized carbons (Fsp3) is 0.0545.